The summed E-state index contributed by atoms with van der Waals surface area (Å²) in [4.78, 5) is 7.50. The van der Waals surface area contributed by atoms with Gasteiger partial charge in [-0.2, -0.15) is 10.2 Å². The summed E-state index contributed by atoms with van der Waals surface area (Å²) in [6, 6.07) is 14.0. The number of aromatic amines is 1. The first-order chi connectivity index (χ1) is 10.3. The zero-order valence-corrected chi connectivity index (χ0v) is 11.2. The molecule has 1 fully saturated rings. The van der Waals surface area contributed by atoms with Gasteiger partial charge in [-0.15, -0.1) is 0 Å². The van der Waals surface area contributed by atoms with Gasteiger partial charge in [-0.3, -0.25) is 0 Å². The number of nitrogens with one attached hydrogen (secondary N) is 1. The molecule has 5 nitrogen and oxygen atoms in total. The van der Waals surface area contributed by atoms with Crippen molar-refractivity contribution < 1.29 is 4.52 Å². The van der Waals surface area contributed by atoms with Gasteiger partial charge in [0.1, 0.15) is 11.8 Å². The van der Waals surface area contributed by atoms with Crippen molar-refractivity contribution in [2.24, 2.45) is 0 Å². The van der Waals surface area contributed by atoms with Gasteiger partial charge in [0.15, 0.2) is 5.82 Å². The van der Waals surface area contributed by atoms with Crippen LogP contribution in [0.2, 0.25) is 0 Å². The van der Waals surface area contributed by atoms with Crippen LogP contribution < -0.4 is 0 Å². The highest BCUT2D eigenvalue weighted by Crippen LogP contribution is 2.52. The Bertz CT molecular complexity index is 821. The van der Waals surface area contributed by atoms with Gasteiger partial charge in [0.2, 0.25) is 0 Å². The van der Waals surface area contributed by atoms with Crippen LogP contribution in [0.3, 0.4) is 0 Å². The molecule has 5 heteroatoms. The molecule has 0 unspecified atom stereocenters. The predicted molar refractivity (Wildman–Crippen MR) is 75.3 cm³/mol. The third kappa shape index (κ3) is 1.84. The molecule has 0 radical (unpaired) electrons. The average Bonchev–Trinajstić information content (AvgIpc) is 2.99. The van der Waals surface area contributed by atoms with E-state index >= 15 is 0 Å². The zero-order chi connectivity index (χ0) is 14.3. The number of benzene rings is 1. The van der Waals surface area contributed by atoms with E-state index in [1.54, 1.807) is 12.3 Å². The molecule has 1 saturated carbocycles. The van der Waals surface area contributed by atoms with Gasteiger partial charge in [0.25, 0.3) is 5.89 Å². The molecule has 1 aliphatic carbocycles. The lowest BCUT2D eigenvalue weighted by molar-refractivity contribution is 0.417. The topological polar surface area (TPSA) is 78.5 Å². The molecule has 1 aliphatic rings. The summed E-state index contributed by atoms with van der Waals surface area (Å²) >= 11 is 0. The monoisotopic (exact) mass is 276 g/mol. The Morgan fingerprint density at radius 3 is 2.71 bits per heavy atom. The molecule has 0 aliphatic heterocycles. The van der Waals surface area contributed by atoms with Crippen LogP contribution in [0.15, 0.2) is 47.1 Å². The van der Waals surface area contributed by atoms with Crippen molar-refractivity contribution >= 4 is 0 Å². The SMILES string of the molecule is N#Cc1c[nH]c(-c2nc(C3(c4ccccc4)CC3)no2)c1. The summed E-state index contributed by atoms with van der Waals surface area (Å²) in [7, 11) is 0. The number of nitrogens with zero attached hydrogens (tertiary/aromatic N) is 3. The molecule has 21 heavy (non-hydrogen) atoms. The van der Waals surface area contributed by atoms with Gasteiger partial charge < -0.3 is 9.51 Å². The molecule has 3 aromatic rings. The minimum absolute atomic E-state index is 0.104. The second-order valence-electron chi connectivity index (χ2n) is 5.29. The largest absolute Gasteiger partial charge is 0.356 e. The molecule has 0 spiro atoms. The fraction of sp³-hybridized carbons (Fsp3) is 0.188. The number of hydrogen-bond acceptors (Lipinski definition) is 4. The van der Waals surface area contributed by atoms with E-state index in [2.05, 4.69) is 33.3 Å². The molecule has 2 heterocycles. The molecule has 1 aromatic carbocycles. The van der Waals surface area contributed by atoms with Crippen molar-refractivity contribution in [1.29, 1.82) is 5.26 Å². The van der Waals surface area contributed by atoms with E-state index in [1.807, 2.05) is 18.2 Å². The van der Waals surface area contributed by atoms with Crippen LogP contribution in [-0.2, 0) is 5.41 Å². The van der Waals surface area contributed by atoms with Crippen molar-refractivity contribution in [1.82, 2.24) is 15.1 Å². The smallest absolute Gasteiger partial charge is 0.274 e. The van der Waals surface area contributed by atoms with Gasteiger partial charge in [-0.25, -0.2) is 0 Å². The number of H-pyrrole nitrogens is 1. The lowest BCUT2D eigenvalue weighted by atomic mass is 9.95. The molecule has 4 rings (SSSR count). The molecule has 0 saturated heterocycles. The Morgan fingerprint density at radius 1 is 1.24 bits per heavy atom. The van der Waals surface area contributed by atoms with Crippen LogP contribution in [0.25, 0.3) is 11.6 Å². The zero-order valence-electron chi connectivity index (χ0n) is 11.2. The van der Waals surface area contributed by atoms with Crippen LogP contribution in [0, 0.1) is 11.3 Å². The van der Waals surface area contributed by atoms with Crippen LogP contribution in [0.1, 0.15) is 29.8 Å². The number of rotatable bonds is 3. The maximum atomic E-state index is 8.85. The summed E-state index contributed by atoms with van der Waals surface area (Å²) in [5.74, 6) is 1.14. The molecule has 1 N–H and O–H groups in total. The highest BCUT2D eigenvalue weighted by Gasteiger charge is 2.49. The molecule has 0 bridgehead atoms. The van der Waals surface area contributed by atoms with Crippen molar-refractivity contribution in [3.8, 4) is 17.7 Å². The fourth-order valence-corrected chi connectivity index (χ4v) is 2.63. The van der Waals surface area contributed by atoms with Gasteiger partial charge in [-0.05, 0) is 24.5 Å². The highest BCUT2D eigenvalue weighted by atomic mass is 16.5. The van der Waals surface area contributed by atoms with E-state index < -0.39 is 0 Å². The summed E-state index contributed by atoms with van der Waals surface area (Å²) in [5.41, 5.74) is 2.35. The van der Waals surface area contributed by atoms with Crippen molar-refractivity contribution in [3.05, 3.63) is 59.5 Å². The van der Waals surface area contributed by atoms with E-state index in [1.165, 1.54) is 5.56 Å². The Balaban J connectivity index is 1.71. The Labute approximate surface area is 121 Å². The molecule has 2 aromatic heterocycles. The standard InChI is InChI=1S/C16H12N4O/c17-9-11-8-13(18-10-11)14-19-15(20-21-14)16(6-7-16)12-4-2-1-3-5-12/h1-5,8,10,18H,6-7H2. The summed E-state index contributed by atoms with van der Waals surface area (Å²) < 4.78 is 5.35. The quantitative estimate of drug-likeness (QED) is 0.797. The van der Waals surface area contributed by atoms with E-state index in [0.29, 0.717) is 17.1 Å². The van der Waals surface area contributed by atoms with Crippen LogP contribution in [0.5, 0.6) is 0 Å². The van der Waals surface area contributed by atoms with Crippen molar-refractivity contribution in [3.63, 3.8) is 0 Å². The van der Waals surface area contributed by atoms with Gasteiger partial charge in [0, 0.05) is 6.20 Å². The van der Waals surface area contributed by atoms with Crippen LogP contribution in [0.4, 0.5) is 0 Å². The third-order valence-corrected chi connectivity index (χ3v) is 3.97. The second kappa shape index (κ2) is 4.32. The maximum Gasteiger partial charge on any atom is 0.274 e. The molecular weight excluding hydrogens is 264 g/mol. The first-order valence-electron chi connectivity index (χ1n) is 6.80. The van der Waals surface area contributed by atoms with E-state index in [4.69, 9.17) is 9.78 Å². The Hall–Kier alpha value is -2.87. The summed E-state index contributed by atoms with van der Waals surface area (Å²) in [5, 5.41) is 13.0. The molecule has 0 amide bonds. The third-order valence-electron chi connectivity index (χ3n) is 3.97. The van der Waals surface area contributed by atoms with E-state index in [9.17, 15) is 0 Å². The molecule has 102 valence electrons. The van der Waals surface area contributed by atoms with Crippen LogP contribution in [-0.4, -0.2) is 15.1 Å². The minimum Gasteiger partial charge on any atom is -0.356 e. The summed E-state index contributed by atoms with van der Waals surface area (Å²) in [6.07, 6.45) is 3.69. The van der Waals surface area contributed by atoms with E-state index in [-0.39, 0.29) is 5.41 Å². The van der Waals surface area contributed by atoms with Gasteiger partial charge in [0.05, 0.1) is 11.0 Å². The highest BCUT2D eigenvalue weighted by molar-refractivity contribution is 5.52. The van der Waals surface area contributed by atoms with Gasteiger partial charge >= 0.3 is 0 Å². The average molecular weight is 276 g/mol. The maximum absolute atomic E-state index is 8.85. The first-order valence-corrected chi connectivity index (χ1v) is 6.80. The lowest BCUT2D eigenvalue weighted by Crippen LogP contribution is -2.10. The van der Waals surface area contributed by atoms with Crippen molar-refractivity contribution in [2.75, 3.05) is 0 Å². The lowest BCUT2D eigenvalue weighted by Gasteiger charge is -2.09. The normalized spacial score (nSPS) is 15.6. The van der Waals surface area contributed by atoms with Crippen molar-refractivity contribution in [2.45, 2.75) is 18.3 Å². The molecular formula is C16H12N4O. The number of hydrogen-bond donors (Lipinski definition) is 1. The Morgan fingerprint density at radius 2 is 2.05 bits per heavy atom. The van der Waals surface area contributed by atoms with Crippen LogP contribution >= 0.6 is 0 Å². The fourth-order valence-electron chi connectivity index (χ4n) is 2.63. The number of aromatic nitrogens is 3. The minimum atomic E-state index is -0.104. The predicted octanol–water partition coefficient (Wildman–Crippen LogP) is 3.02. The number of nitriles is 1. The Kier molecular flexibility index (Phi) is 2.45. The summed E-state index contributed by atoms with van der Waals surface area (Å²) in [6.45, 7) is 0. The first kappa shape index (κ1) is 11.9. The second-order valence-corrected chi connectivity index (χ2v) is 5.29. The van der Waals surface area contributed by atoms with Gasteiger partial charge in [-0.1, -0.05) is 35.5 Å². The van der Waals surface area contributed by atoms with E-state index in [0.717, 1.165) is 18.7 Å². The molecule has 0 atom stereocenters.